The number of aliphatic hydroxyl groups excluding tert-OH is 1. The van der Waals surface area contributed by atoms with Gasteiger partial charge in [-0.05, 0) is 20.4 Å². The number of amides is 2. The van der Waals surface area contributed by atoms with Crippen LogP contribution in [0.25, 0.3) is 0 Å². The van der Waals surface area contributed by atoms with Gasteiger partial charge in [0.15, 0.2) is 0 Å². The van der Waals surface area contributed by atoms with Crippen LogP contribution in [-0.4, -0.2) is 74.8 Å². The maximum Gasteiger partial charge on any atom is 0.353 e. The van der Waals surface area contributed by atoms with E-state index in [-0.39, 0.29) is 40.8 Å². The molecule has 0 radical (unpaired) electrons. The monoisotopic (exact) mass is 369 g/mol. The second kappa shape index (κ2) is 6.30. The number of carbonyl (C=O) groups excluding carboxylic acids is 2. The number of nitrogens with two attached hydrogens (primary N) is 1. The molecule has 3 rings (SSSR count). The molecule has 25 heavy (non-hydrogen) atoms. The minimum atomic E-state index is -1.13. The lowest BCUT2D eigenvalue weighted by Crippen LogP contribution is -2.63. The second-order valence-electron chi connectivity index (χ2n) is 7.11. The Kier molecular flexibility index (Phi) is 4.59. The van der Waals surface area contributed by atoms with Gasteiger partial charge < -0.3 is 20.8 Å². The van der Waals surface area contributed by atoms with Gasteiger partial charge in [0.2, 0.25) is 11.8 Å². The summed E-state index contributed by atoms with van der Waals surface area (Å²) in [5, 5.41) is 19.5. The van der Waals surface area contributed by atoms with E-state index in [0.29, 0.717) is 17.9 Å². The lowest BCUT2D eigenvalue weighted by Gasteiger charge is -2.46. The van der Waals surface area contributed by atoms with E-state index in [2.05, 4.69) is 0 Å². The molecule has 9 heteroatoms. The molecule has 4 N–H and O–H groups in total. The first-order chi connectivity index (χ1) is 11.6. The first-order valence-corrected chi connectivity index (χ1v) is 9.17. The number of likely N-dealkylation sites (N-methyl/N-ethyl adjacent to an activating group) is 1. The van der Waals surface area contributed by atoms with Gasteiger partial charge in [0, 0.05) is 22.6 Å². The Balaban J connectivity index is 1.84. The summed E-state index contributed by atoms with van der Waals surface area (Å²) in [5.41, 5.74) is 5.43. The summed E-state index contributed by atoms with van der Waals surface area (Å²) in [6.07, 6.45) is -0.259. The number of carbonyl (C=O) groups is 3. The lowest BCUT2D eigenvalue weighted by molar-refractivity contribution is -0.163. The zero-order valence-corrected chi connectivity index (χ0v) is 15.2. The summed E-state index contributed by atoms with van der Waals surface area (Å²) in [5.74, 6) is -2.57. The van der Waals surface area contributed by atoms with Crippen molar-refractivity contribution in [3.8, 4) is 0 Å². The first-order valence-electron chi connectivity index (χ1n) is 8.30. The van der Waals surface area contributed by atoms with Gasteiger partial charge in [-0.2, -0.15) is 0 Å². The number of thioether (sulfide) groups is 1. The number of rotatable bonds is 5. The first kappa shape index (κ1) is 18.2. The molecular formula is C16H23N3O5S. The van der Waals surface area contributed by atoms with E-state index in [4.69, 9.17) is 5.73 Å². The van der Waals surface area contributed by atoms with Crippen molar-refractivity contribution in [1.82, 2.24) is 9.80 Å². The highest BCUT2D eigenvalue weighted by Gasteiger charge is 2.60. The Bertz CT molecular complexity index is 664. The highest BCUT2D eigenvalue weighted by Crippen LogP contribution is 2.52. The summed E-state index contributed by atoms with van der Waals surface area (Å²) >= 11 is 1.42. The third kappa shape index (κ3) is 2.74. The van der Waals surface area contributed by atoms with Crippen LogP contribution in [0.5, 0.6) is 0 Å². The van der Waals surface area contributed by atoms with E-state index in [9.17, 15) is 24.6 Å². The topological polar surface area (TPSA) is 124 Å². The molecule has 0 aromatic rings. The number of β-lactam (4-membered cyclic amide) rings is 1. The maximum atomic E-state index is 12.3. The van der Waals surface area contributed by atoms with Crippen molar-refractivity contribution in [1.29, 1.82) is 0 Å². The highest BCUT2D eigenvalue weighted by atomic mass is 32.2. The van der Waals surface area contributed by atoms with E-state index in [1.54, 1.807) is 6.92 Å². The van der Waals surface area contributed by atoms with Gasteiger partial charge in [-0.25, -0.2) is 4.79 Å². The molecule has 2 amide bonds. The van der Waals surface area contributed by atoms with Crippen LogP contribution < -0.4 is 5.73 Å². The van der Waals surface area contributed by atoms with E-state index in [1.807, 2.05) is 18.9 Å². The minimum absolute atomic E-state index is 0.0228. The Morgan fingerprint density at radius 1 is 1.40 bits per heavy atom. The van der Waals surface area contributed by atoms with Crippen molar-refractivity contribution in [2.75, 3.05) is 13.6 Å². The van der Waals surface area contributed by atoms with Gasteiger partial charge in [-0.1, -0.05) is 6.92 Å². The van der Waals surface area contributed by atoms with Crippen LogP contribution in [0.2, 0.25) is 0 Å². The summed E-state index contributed by atoms with van der Waals surface area (Å²) in [6, 6.07) is -0.667. The number of hydrogen-bond acceptors (Lipinski definition) is 6. The quantitative estimate of drug-likeness (QED) is 0.554. The van der Waals surface area contributed by atoms with E-state index < -0.39 is 18.0 Å². The zero-order chi connectivity index (χ0) is 18.6. The van der Waals surface area contributed by atoms with Gasteiger partial charge >= 0.3 is 5.97 Å². The highest BCUT2D eigenvalue weighted by molar-refractivity contribution is 8.03. The molecule has 2 fully saturated rings. The van der Waals surface area contributed by atoms with Crippen LogP contribution in [-0.2, 0) is 14.4 Å². The Labute approximate surface area is 150 Å². The summed E-state index contributed by atoms with van der Waals surface area (Å²) in [7, 11) is 1.82. The molecule has 0 aliphatic carbocycles. The average Bonchev–Trinajstić information content (AvgIpc) is 2.97. The fourth-order valence-electron chi connectivity index (χ4n) is 4.23. The largest absolute Gasteiger partial charge is 0.477 e. The third-order valence-electron chi connectivity index (χ3n) is 5.44. The predicted molar refractivity (Wildman–Crippen MR) is 91.2 cm³/mol. The standard InChI is InChI=1S/C16H23N3O5S/c1-6-11-10(7(2)20)15(22)19(11)12(16(23)24)13(6)25-8-4-9(14(17)21)18(3)5-8/h6-11,20H,4-5H2,1-3H3,(H2,17,21)(H,23,24). The molecule has 3 aliphatic rings. The zero-order valence-electron chi connectivity index (χ0n) is 14.4. The predicted octanol–water partition coefficient (Wildman–Crippen LogP) is -0.569. The van der Waals surface area contributed by atoms with E-state index >= 15 is 0 Å². The van der Waals surface area contributed by atoms with Crippen molar-refractivity contribution >= 4 is 29.5 Å². The van der Waals surface area contributed by atoms with E-state index in [1.165, 1.54) is 16.7 Å². The van der Waals surface area contributed by atoms with Gasteiger partial charge in [0.1, 0.15) is 5.70 Å². The molecule has 3 heterocycles. The van der Waals surface area contributed by atoms with E-state index in [0.717, 1.165) is 0 Å². The molecule has 3 aliphatic heterocycles. The van der Waals surface area contributed by atoms with Gasteiger partial charge in [0.05, 0.1) is 24.1 Å². The number of hydrogen-bond donors (Lipinski definition) is 3. The maximum absolute atomic E-state index is 12.3. The molecule has 0 bridgehead atoms. The molecule has 0 aromatic heterocycles. The van der Waals surface area contributed by atoms with Crippen LogP contribution in [0.1, 0.15) is 20.3 Å². The smallest absolute Gasteiger partial charge is 0.353 e. The van der Waals surface area contributed by atoms with Crippen molar-refractivity contribution in [3.63, 3.8) is 0 Å². The van der Waals surface area contributed by atoms with Crippen LogP contribution in [0, 0.1) is 11.8 Å². The fourth-order valence-corrected chi connectivity index (χ4v) is 5.83. The molecule has 0 spiro atoms. The number of aliphatic hydroxyl groups is 1. The number of carboxylic acids is 1. The summed E-state index contributed by atoms with van der Waals surface area (Å²) in [4.78, 5) is 39.4. The van der Waals surface area contributed by atoms with Crippen LogP contribution in [0.4, 0.5) is 0 Å². The Hall–Kier alpha value is -1.58. The molecule has 0 saturated carbocycles. The number of fused-ring (bicyclic) bond motifs is 1. The SMILES string of the molecule is CC(O)C1C(=O)N2C(C(=O)O)=C(SC3CC(C(N)=O)N(C)C3)C(C)C12. The third-order valence-corrected chi connectivity index (χ3v) is 6.94. The molecule has 6 unspecified atom stereocenters. The van der Waals surface area contributed by atoms with Crippen molar-refractivity contribution < 1.29 is 24.6 Å². The number of nitrogens with zero attached hydrogens (tertiary/aromatic N) is 2. The minimum Gasteiger partial charge on any atom is -0.477 e. The normalized spacial score (nSPS) is 36.4. The van der Waals surface area contributed by atoms with Gasteiger partial charge in [-0.3, -0.25) is 14.5 Å². The fraction of sp³-hybridized carbons (Fsp3) is 0.688. The number of primary amides is 1. The summed E-state index contributed by atoms with van der Waals surface area (Å²) < 4.78 is 0. The summed E-state index contributed by atoms with van der Waals surface area (Å²) in [6.45, 7) is 4.07. The van der Waals surface area contributed by atoms with Crippen LogP contribution in [0.3, 0.4) is 0 Å². The molecule has 8 nitrogen and oxygen atoms in total. The number of likely N-dealkylation sites (tertiary alicyclic amines) is 1. The molecule has 6 atom stereocenters. The molecule has 2 saturated heterocycles. The molecule has 138 valence electrons. The number of aliphatic carboxylic acids is 1. The van der Waals surface area contributed by atoms with Crippen LogP contribution >= 0.6 is 11.8 Å². The second-order valence-corrected chi connectivity index (χ2v) is 8.45. The van der Waals surface area contributed by atoms with Gasteiger partial charge in [-0.15, -0.1) is 11.8 Å². The Morgan fingerprint density at radius 2 is 2.04 bits per heavy atom. The Morgan fingerprint density at radius 3 is 2.52 bits per heavy atom. The molecule has 0 aromatic carbocycles. The van der Waals surface area contributed by atoms with Gasteiger partial charge in [0.25, 0.3) is 0 Å². The van der Waals surface area contributed by atoms with Crippen LogP contribution in [0.15, 0.2) is 10.6 Å². The lowest BCUT2D eigenvalue weighted by atomic mass is 9.79. The number of carboxylic acid groups (broad SMARTS) is 1. The average molecular weight is 369 g/mol. The van der Waals surface area contributed by atoms with Crippen molar-refractivity contribution in [3.05, 3.63) is 10.6 Å². The van der Waals surface area contributed by atoms with Crippen molar-refractivity contribution in [2.45, 2.75) is 43.7 Å². The van der Waals surface area contributed by atoms with Crippen molar-refractivity contribution in [2.24, 2.45) is 17.6 Å². The molecular weight excluding hydrogens is 346 g/mol.